The molecular weight excluding hydrogens is 226 g/mol. The Morgan fingerprint density at radius 1 is 1.38 bits per heavy atom. The van der Waals surface area contributed by atoms with Crippen LogP contribution in [0.25, 0.3) is 0 Å². The molecule has 1 aromatic rings. The predicted molar refractivity (Wildman–Crippen MR) is 57.2 cm³/mol. The zero-order valence-corrected chi connectivity index (χ0v) is 9.21. The standard InChI is InChI=1S/C11H12BrN/c1-9(8-13)2-3-10-4-6-11(12)7-5-10/h4-7,9H,2-3H2,1H3. The van der Waals surface area contributed by atoms with Gasteiger partial charge in [-0.1, -0.05) is 28.1 Å². The maximum absolute atomic E-state index is 8.60. The zero-order chi connectivity index (χ0) is 9.68. The lowest BCUT2D eigenvalue weighted by atomic mass is 10.0. The molecule has 0 saturated heterocycles. The molecule has 0 bridgehead atoms. The molecule has 0 radical (unpaired) electrons. The maximum atomic E-state index is 8.60. The van der Waals surface area contributed by atoms with Crippen molar-refractivity contribution in [2.24, 2.45) is 5.92 Å². The second-order valence-corrected chi connectivity index (χ2v) is 4.11. The Kier molecular flexibility index (Phi) is 3.98. The van der Waals surface area contributed by atoms with E-state index in [1.807, 2.05) is 19.1 Å². The molecule has 0 aromatic heterocycles. The minimum Gasteiger partial charge on any atom is -0.198 e. The molecular formula is C11H12BrN. The average molecular weight is 238 g/mol. The van der Waals surface area contributed by atoms with Crippen LogP contribution in [-0.2, 0) is 6.42 Å². The first-order chi connectivity index (χ1) is 6.22. The van der Waals surface area contributed by atoms with E-state index in [-0.39, 0.29) is 5.92 Å². The van der Waals surface area contributed by atoms with Crippen molar-refractivity contribution in [3.63, 3.8) is 0 Å². The highest BCUT2D eigenvalue weighted by Gasteiger charge is 1.99. The number of nitrogens with zero attached hydrogens (tertiary/aromatic N) is 1. The van der Waals surface area contributed by atoms with Crippen molar-refractivity contribution in [3.05, 3.63) is 34.3 Å². The van der Waals surface area contributed by atoms with E-state index in [1.54, 1.807) is 0 Å². The van der Waals surface area contributed by atoms with Crippen molar-refractivity contribution in [2.75, 3.05) is 0 Å². The van der Waals surface area contributed by atoms with Crippen molar-refractivity contribution in [1.82, 2.24) is 0 Å². The van der Waals surface area contributed by atoms with E-state index >= 15 is 0 Å². The van der Waals surface area contributed by atoms with E-state index in [9.17, 15) is 0 Å². The second-order valence-electron chi connectivity index (χ2n) is 3.20. The Labute approximate surface area is 87.5 Å². The van der Waals surface area contributed by atoms with E-state index in [0.717, 1.165) is 17.3 Å². The number of benzene rings is 1. The van der Waals surface area contributed by atoms with E-state index in [4.69, 9.17) is 5.26 Å². The molecule has 0 aliphatic carbocycles. The first kappa shape index (κ1) is 10.3. The van der Waals surface area contributed by atoms with Gasteiger partial charge in [0.25, 0.3) is 0 Å². The monoisotopic (exact) mass is 237 g/mol. The normalized spacial score (nSPS) is 12.1. The summed E-state index contributed by atoms with van der Waals surface area (Å²) in [6.07, 6.45) is 1.93. The Morgan fingerprint density at radius 2 is 2.00 bits per heavy atom. The third-order valence-electron chi connectivity index (χ3n) is 2.00. The largest absolute Gasteiger partial charge is 0.198 e. The number of hydrogen-bond donors (Lipinski definition) is 0. The van der Waals surface area contributed by atoms with Gasteiger partial charge in [0, 0.05) is 10.4 Å². The van der Waals surface area contributed by atoms with Crippen LogP contribution in [0.4, 0.5) is 0 Å². The van der Waals surface area contributed by atoms with Crippen LogP contribution < -0.4 is 0 Å². The van der Waals surface area contributed by atoms with Crippen LogP contribution >= 0.6 is 15.9 Å². The van der Waals surface area contributed by atoms with Gasteiger partial charge in [-0.05, 0) is 37.5 Å². The highest BCUT2D eigenvalue weighted by atomic mass is 79.9. The van der Waals surface area contributed by atoms with Crippen molar-refractivity contribution in [3.8, 4) is 6.07 Å². The number of hydrogen-bond acceptors (Lipinski definition) is 1. The van der Waals surface area contributed by atoms with Gasteiger partial charge in [0.2, 0.25) is 0 Å². The van der Waals surface area contributed by atoms with Crippen LogP contribution in [0.5, 0.6) is 0 Å². The van der Waals surface area contributed by atoms with Crippen LogP contribution in [0.2, 0.25) is 0 Å². The summed E-state index contributed by atoms with van der Waals surface area (Å²) < 4.78 is 1.10. The highest BCUT2D eigenvalue weighted by Crippen LogP contribution is 2.13. The van der Waals surface area contributed by atoms with Crippen LogP contribution in [0.3, 0.4) is 0 Å². The summed E-state index contributed by atoms with van der Waals surface area (Å²) in [6.45, 7) is 1.96. The summed E-state index contributed by atoms with van der Waals surface area (Å²) in [5, 5.41) is 8.60. The fourth-order valence-corrected chi connectivity index (χ4v) is 1.36. The number of aryl methyl sites for hydroxylation is 1. The summed E-state index contributed by atoms with van der Waals surface area (Å²) in [4.78, 5) is 0. The number of halogens is 1. The fraction of sp³-hybridized carbons (Fsp3) is 0.364. The summed E-state index contributed by atoms with van der Waals surface area (Å²) in [5.74, 6) is 0.156. The Bertz CT molecular complexity index is 297. The molecule has 1 unspecified atom stereocenters. The average Bonchev–Trinajstić information content (AvgIpc) is 2.16. The van der Waals surface area contributed by atoms with Crippen LogP contribution in [0, 0.1) is 17.2 Å². The molecule has 0 heterocycles. The summed E-state index contributed by atoms with van der Waals surface area (Å²) in [7, 11) is 0. The molecule has 0 spiro atoms. The molecule has 1 nitrogen and oxygen atoms in total. The molecule has 68 valence electrons. The van der Waals surface area contributed by atoms with E-state index in [2.05, 4.69) is 34.1 Å². The third kappa shape index (κ3) is 3.61. The minimum absolute atomic E-state index is 0.156. The Hall–Kier alpha value is -0.810. The van der Waals surface area contributed by atoms with Crippen molar-refractivity contribution >= 4 is 15.9 Å². The third-order valence-corrected chi connectivity index (χ3v) is 2.53. The molecule has 1 atom stereocenters. The molecule has 0 fully saturated rings. The van der Waals surface area contributed by atoms with Crippen LogP contribution in [0.1, 0.15) is 18.9 Å². The molecule has 1 aromatic carbocycles. The lowest BCUT2D eigenvalue weighted by molar-refractivity contribution is 0.660. The van der Waals surface area contributed by atoms with Gasteiger partial charge in [0.15, 0.2) is 0 Å². The first-order valence-electron chi connectivity index (χ1n) is 4.36. The molecule has 13 heavy (non-hydrogen) atoms. The lowest BCUT2D eigenvalue weighted by Gasteiger charge is -2.02. The summed E-state index contributed by atoms with van der Waals surface area (Å²) in [6, 6.07) is 10.5. The van der Waals surface area contributed by atoms with Gasteiger partial charge in [-0.3, -0.25) is 0 Å². The maximum Gasteiger partial charge on any atom is 0.0652 e. The first-order valence-corrected chi connectivity index (χ1v) is 5.15. The van der Waals surface area contributed by atoms with E-state index in [1.165, 1.54) is 5.56 Å². The van der Waals surface area contributed by atoms with E-state index < -0.39 is 0 Å². The smallest absolute Gasteiger partial charge is 0.0652 e. The zero-order valence-electron chi connectivity index (χ0n) is 7.63. The topological polar surface area (TPSA) is 23.8 Å². The highest BCUT2D eigenvalue weighted by molar-refractivity contribution is 9.10. The molecule has 0 saturated carbocycles. The molecule has 1 rings (SSSR count). The molecule has 0 N–H and O–H groups in total. The number of nitriles is 1. The molecule has 2 heteroatoms. The fourth-order valence-electron chi connectivity index (χ4n) is 1.10. The molecule has 0 aliphatic rings. The van der Waals surface area contributed by atoms with Crippen molar-refractivity contribution in [1.29, 1.82) is 5.26 Å². The van der Waals surface area contributed by atoms with Gasteiger partial charge in [-0.25, -0.2) is 0 Å². The second kappa shape index (κ2) is 5.04. The summed E-state index contributed by atoms with van der Waals surface area (Å²) >= 11 is 3.39. The van der Waals surface area contributed by atoms with Gasteiger partial charge >= 0.3 is 0 Å². The Morgan fingerprint density at radius 3 is 2.54 bits per heavy atom. The van der Waals surface area contributed by atoms with Crippen LogP contribution in [0.15, 0.2) is 28.7 Å². The minimum atomic E-state index is 0.156. The lowest BCUT2D eigenvalue weighted by Crippen LogP contribution is -1.93. The Balaban J connectivity index is 2.47. The van der Waals surface area contributed by atoms with Crippen molar-refractivity contribution < 1.29 is 0 Å². The van der Waals surface area contributed by atoms with Gasteiger partial charge < -0.3 is 0 Å². The SMILES string of the molecule is CC(C#N)CCc1ccc(Br)cc1. The quantitative estimate of drug-likeness (QED) is 0.790. The van der Waals surface area contributed by atoms with Gasteiger partial charge in [0.1, 0.15) is 0 Å². The van der Waals surface area contributed by atoms with Crippen LogP contribution in [-0.4, -0.2) is 0 Å². The van der Waals surface area contributed by atoms with Gasteiger partial charge in [-0.2, -0.15) is 5.26 Å². The molecule has 0 amide bonds. The number of rotatable bonds is 3. The van der Waals surface area contributed by atoms with Crippen molar-refractivity contribution in [2.45, 2.75) is 19.8 Å². The van der Waals surface area contributed by atoms with Gasteiger partial charge in [-0.15, -0.1) is 0 Å². The predicted octanol–water partition coefficient (Wildman–Crippen LogP) is 3.54. The summed E-state index contributed by atoms with van der Waals surface area (Å²) in [5.41, 5.74) is 1.30. The van der Waals surface area contributed by atoms with Gasteiger partial charge in [0.05, 0.1) is 6.07 Å². The van der Waals surface area contributed by atoms with E-state index in [0.29, 0.717) is 0 Å². The molecule has 0 aliphatic heterocycles.